The van der Waals surface area contributed by atoms with E-state index in [1.165, 1.54) is 82.2 Å². The standard InChI is InChI=1S/C23H28F3N5O5S.C18H20F3N5O3S/c1-8-31-15(23(24,25)26)12-13-18(20(31)32)30(7)19(27-13)17-14(37(34,35)9-2)10-11-16(28-17)29(6)21(33)36-22(3,4)5;1-5-26-12(18(19,20)21)9-10-15(17(26)27)25(4)16(23-10)14-11(30(28,29)6-2)7-8-13(22-3)24-14/h10-12H,8-9H2,1-7H3;7-9H,5-6H2,1-4H3,(H,22,24). The van der Waals surface area contributed by atoms with E-state index in [4.69, 9.17) is 4.74 Å². The molecule has 0 aromatic carbocycles. The largest absolute Gasteiger partial charge is 0.443 e. The van der Waals surface area contributed by atoms with Crippen LogP contribution in [-0.2, 0) is 63.9 Å². The lowest BCUT2D eigenvalue weighted by molar-refractivity contribution is -0.144. The minimum absolute atomic E-state index is 0.00769. The highest BCUT2D eigenvalue weighted by Crippen LogP contribution is 2.35. The fourth-order valence-electron chi connectivity index (χ4n) is 6.92. The average Bonchev–Trinajstić information content (AvgIpc) is 3.77. The second kappa shape index (κ2) is 18.4. The van der Waals surface area contributed by atoms with Crippen LogP contribution in [0.3, 0.4) is 0 Å². The van der Waals surface area contributed by atoms with Gasteiger partial charge >= 0.3 is 18.4 Å². The zero-order valence-electron chi connectivity index (χ0n) is 38.2. The Morgan fingerprint density at radius 1 is 0.687 bits per heavy atom. The Morgan fingerprint density at radius 3 is 1.45 bits per heavy atom. The number of rotatable bonds is 10. The number of hydrogen-bond acceptors (Lipinski definition) is 13. The molecule has 1 amide bonds. The van der Waals surface area contributed by atoms with Crippen molar-refractivity contribution in [2.24, 2.45) is 14.1 Å². The summed E-state index contributed by atoms with van der Waals surface area (Å²) in [6.45, 7) is 10.3. The number of aryl methyl sites for hydroxylation is 2. The number of pyridine rings is 4. The summed E-state index contributed by atoms with van der Waals surface area (Å²) in [5.41, 5.74) is -5.86. The van der Waals surface area contributed by atoms with Gasteiger partial charge in [-0.25, -0.2) is 41.6 Å². The summed E-state index contributed by atoms with van der Waals surface area (Å²) in [6, 6.07) is 6.92. The zero-order chi connectivity index (χ0) is 50.5. The number of fused-ring (bicyclic) bond motifs is 2. The Labute approximate surface area is 380 Å². The second-order valence-electron chi connectivity index (χ2n) is 15.8. The smallest absolute Gasteiger partial charge is 0.431 e. The third-order valence-corrected chi connectivity index (χ3v) is 13.8. The molecule has 6 aromatic heterocycles. The van der Waals surface area contributed by atoms with Crippen molar-refractivity contribution in [2.45, 2.75) is 89.3 Å². The number of nitrogens with zero attached hydrogens (tertiary/aromatic N) is 9. The van der Waals surface area contributed by atoms with Crippen LogP contribution in [0.25, 0.3) is 45.1 Å². The van der Waals surface area contributed by atoms with Crippen LogP contribution >= 0.6 is 0 Å². The van der Waals surface area contributed by atoms with Crippen molar-refractivity contribution in [1.29, 1.82) is 0 Å². The predicted molar refractivity (Wildman–Crippen MR) is 237 cm³/mol. The molecule has 6 aromatic rings. The highest BCUT2D eigenvalue weighted by molar-refractivity contribution is 7.91. The molecule has 1 N–H and O–H groups in total. The van der Waals surface area contributed by atoms with Crippen molar-refractivity contribution in [3.63, 3.8) is 0 Å². The maximum atomic E-state index is 13.6. The third-order valence-electron chi connectivity index (χ3n) is 10.3. The van der Waals surface area contributed by atoms with Crippen LogP contribution in [0, 0.1) is 0 Å². The summed E-state index contributed by atoms with van der Waals surface area (Å²) in [7, 11) is -1.82. The summed E-state index contributed by atoms with van der Waals surface area (Å²) in [5, 5.41) is 2.79. The molecule has 0 fully saturated rings. The molecule has 0 bridgehead atoms. The Bertz CT molecular complexity index is 3260. The molecule has 6 heterocycles. The molecule has 0 unspecified atom stereocenters. The number of nitrogens with one attached hydrogen (secondary N) is 1. The molecule has 26 heteroatoms. The quantitative estimate of drug-likeness (QED) is 0.142. The number of imidazole rings is 2. The van der Waals surface area contributed by atoms with Gasteiger partial charge in [0.25, 0.3) is 11.1 Å². The Morgan fingerprint density at radius 2 is 1.09 bits per heavy atom. The average molecular weight is 987 g/mol. The van der Waals surface area contributed by atoms with Gasteiger partial charge in [-0.05, 0) is 71.0 Å². The third kappa shape index (κ3) is 10.0. The summed E-state index contributed by atoms with van der Waals surface area (Å²) < 4.78 is 141. The molecule has 0 spiro atoms. The number of amides is 1. The Kier molecular flexibility index (Phi) is 14.2. The van der Waals surface area contributed by atoms with Crippen LogP contribution in [-0.4, -0.2) is 92.3 Å². The van der Waals surface area contributed by atoms with Gasteiger partial charge in [0.15, 0.2) is 31.3 Å². The number of ether oxygens (including phenoxy) is 1. The minimum Gasteiger partial charge on any atom is -0.443 e. The van der Waals surface area contributed by atoms with E-state index in [0.29, 0.717) is 15.0 Å². The lowest BCUT2D eigenvalue weighted by Crippen LogP contribution is -2.34. The first kappa shape index (κ1) is 51.7. The lowest BCUT2D eigenvalue weighted by Gasteiger charge is -2.24. The molecule has 364 valence electrons. The number of anilines is 2. The van der Waals surface area contributed by atoms with Gasteiger partial charge in [0.2, 0.25) is 0 Å². The maximum absolute atomic E-state index is 13.6. The molecular formula is C41H48F6N10O8S2. The molecule has 67 heavy (non-hydrogen) atoms. The van der Waals surface area contributed by atoms with Crippen LogP contribution in [0.1, 0.15) is 59.9 Å². The van der Waals surface area contributed by atoms with Crippen molar-refractivity contribution in [2.75, 3.05) is 35.8 Å². The van der Waals surface area contributed by atoms with Crippen LogP contribution in [0.2, 0.25) is 0 Å². The number of aromatic nitrogens is 8. The highest BCUT2D eigenvalue weighted by atomic mass is 32.2. The van der Waals surface area contributed by atoms with Crippen molar-refractivity contribution in [3.8, 4) is 23.0 Å². The van der Waals surface area contributed by atoms with Crippen molar-refractivity contribution >= 4 is 59.5 Å². The number of carbonyl (C=O) groups is 1. The number of sulfone groups is 2. The van der Waals surface area contributed by atoms with E-state index in [9.17, 15) is 57.6 Å². The predicted octanol–water partition coefficient (Wildman–Crippen LogP) is 6.67. The van der Waals surface area contributed by atoms with Crippen LogP contribution in [0.5, 0.6) is 0 Å². The zero-order valence-corrected chi connectivity index (χ0v) is 39.8. The fraction of sp³-hybridized carbons (Fsp3) is 0.439. The number of carbonyl (C=O) groups excluding carboxylic acids is 1. The van der Waals surface area contributed by atoms with E-state index in [1.807, 2.05) is 0 Å². The number of halogens is 6. The molecule has 18 nitrogen and oxygen atoms in total. The SMILES string of the molecule is CCn1c(C(F)(F)F)cc2nc(-c3nc(N(C)C(=O)OC(C)(C)C)ccc3S(=O)(=O)CC)n(C)c2c1=O.CCn1c(C(F)(F)F)cc2nc(-c3nc(NC)ccc3S(=O)(=O)CC)n(C)c2c1=O. The van der Waals surface area contributed by atoms with Crippen molar-refractivity contribution < 1.29 is 52.7 Å². The highest BCUT2D eigenvalue weighted by Gasteiger charge is 2.38. The first-order chi connectivity index (χ1) is 30.9. The van der Waals surface area contributed by atoms with Crippen molar-refractivity contribution in [3.05, 3.63) is 68.5 Å². The number of alkyl halides is 6. The lowest BCUT2D eigenvalue weighted by atomic mass is 10.2. The van der Waals surface area contributed by atoms with Gasteiger partial charge in [-0.15, -0.1) is 0 Å². The van der Waals surface area contributed by atoms with E-state index in [2.05, 4.69) is 25.3 Å². The van der Waals surface area contributed by atoms with Gasteiger partial charge in [-0.3, -0.25) is 14.5 Å². The molecule has 0 saturated carbocycles. The summed E-state index contributed by atoms with van der Waals surface area (Å²) in [6.07, 6.45) is -10.3. The van der Waals surface area contributed by atoms with Crippen LogP contribution in [0.15, 0.2) is 55.8 Å². The van der Waals surface area contributed by atoms with E-state index in [0.717, 1.165) is 17.0 Å². The normalized spacial score (nSPS) is 12.6. The molecule has 0 aliphatic carbocycles. The molecule has 0 aliphatic heterocycles. The summed E-state index contributed by atoms with van der Waals surface area (Å²) in [4.78, 5) is 56.1. The fourth-order valence-corrected chi connectivity index (χ4v) is 8.96. The van der Waals surface area contributed by atoms with E-state index in [-0.39, 0.29) is 85.3 Å². The van der Waals surface area contributed by atoms with Gasteiger partial charge in [0, 0.05) is 41.3 Å². The summed E-state index contributed by atoms with van der Waals surface area (Å²) >= 11 is 0. The maximum Gasteiger partial charge on any atom is 0.431 e. The molecule has 0 radical (unpaired) electrons. The Balaban J connectivity index is 0.000000256. The van der Waals surface area contributed by atoms with E-state index < -0.39 is 66.2 Å². The van der Waals surface area contributed by atoms with Gasteiger partial charge < -0.3 is 28.3 Å². The Hall–Kier alpha value is -6.31. The number of hydrogen-bond donors (Lipinski definition) is 1. The van der Waals surface area contributed by atoms with Gasteiger partial charge in [0.1, 0.15) is 51.0 Å². The first-order valence-electron chi connectivity index (χ1n) is 20.4. The van der Waals surface area contributed by atoms with Gasteiger partial charge in [-0.2, -0.15) is 26.3 Å². The van der Waals surface area contributed by atoms with E-state index >= 15 is 0 Å². The second-order valence-corrected chi connectivity index (χ2v) is 20.3. The molecular weight excluding hydrogens is 939 g/mol. The van der Waals surface area contributed by atoms with Gasteiger partial charge in [-0.1, -0.05) is 13.8 Å². The van der Waals surface area contributed by atoms with E-state index in [1.54, 1.807) is 27.8 Å². The molecule has 0 aliphatic rings. The van der Waals surface area contributed by atoms with Crippen molar-refractivity contribution in [1.82, 2.24) is 38.2 Å². The van der Waals surface area contributed by atoms with Gasteiger partial charge in [0.05, 0.1) is 32.3 Å². The van der Waals surface area contributed by atoms with Crippen LogP contribution < -0.4 is 21.3 Å². The summed E-state index contributed by atoms with van der Waals surface area (Å²) in [5.74, 6) is -0.324. The topological polar surface area (TPSA) is 215 Å². The van der Waals surface area contributed by atoms with Crippen LogP contribution in [0.4, 0.5) is 42.8 Å². The molecule has 0 atom stereocenters. The minimum atomic E-state index is -4.81. The first-order valence-corrected chi connectivity index (χ1v) is 23.7. The molecule has 0 saturated heterocycles. The monoisotopic (exact) mass is 986 g/mol. The molecule has 6 rings (SSSR count).